The monoisotopic (exact) mass is 340 g/mol. The Kier molecular flexibility index (Phi) is 6.77. The largest absolute Gasteiger partial charge is 0.381 e. The van der Waals surface area contributed by atoms with E-state index in [1.165, 1.54) is 0 Å². The predicted molar refractivity (Wildman–Crippen MR) is 91.9 cm³/mol. The fourth-order valence-electron chi connectivity index (χ4n) is 2.97. The average Bonchev–Trinajstić information content (AvgIpc) is 2.92. The summed E-state index contributed by atoms with van der Waals surface area (Å²) in [4.78, 5) is 14.2. The molecule has 7 heteroatoms. The molecular formula is C16H28N4O2S. The predicted octanol–water partition coefficient (Wildman–Crippen LogP) is 2.73. The SMILES string of the molecule is CCn1c(C2CCN(C(=O)CCOCC(C)C)CC2)n[nH]c1=S. The van der Waals surface area contributed by atoms with E-state index in [4.69, 9.17) is 17.0 Å². The molecule has 0 radical (unpaired) electrons. The number of amides is 1. The maximum atomic E-state index is 12.2. The topological polar surface area (TPSA) is 63.1 Å². The zero-order chi connectivity index (χ0) is 16.8. The van der Waals surface area contributed by atoms with Gasteiger partial charge in [0, 0.05) is 32.2 Å². The van der Waals surface area contributed by atoms with Crippen LogP contribution in [0.15, 0.2) is 0 Å². The number of nitrogens with one attached hydrogen (secondary N) is 1. The molecular weight excluding hydrogens is 312 g/mol. The Labute approximate surface area is 143 Å². The Hall–Kier alpha value is -1.21. The molecule has 0 spiro atoms. The van der Waals surface area contributed by atoms with Crippen molar-refractivity contribution in [3.63, 3.8) is 0 Å². The van der Waals surface area contributed by atoms with Crippen LogP contribution in [0.25, 0.3) is 0 Å². The normalized spacial score (nSPS) is 16.3. The molecule has 1 fully saturated rings. The fourth-order valence-corrected chi connectivity index (χ4v) is 3.24. The number of H-pyrrole nitrogens is 1. The summed E-state index contributed by atoms with van der Waals surface area (Å²) in [6, 6.07) is 0. The summed E-state index contributed by atoms with van der Waals surface area (Å²) in [5.74, 6) is 2.12. The summed E-state index contributed by atoms with van der Waals surface area (Å²) >= 11 is 5.25. The summed E-state index contributed by atoms with van der Waals surface area (Å²) in [5, 5.41) is 7.26. The minimum absolute atomic E-state index is 0.196. The second kappa shape index (κ2) is 8.59. The van der Waals surface area contributed by atoms with Gasteiger partial charge < -0.3 is 14.2 Å². The van der Waals surface area contributed by atoms with Gasteiger partial charge in [0.15, 0.2) is 4.77 Å². The van der Waals surface area contributed by atoms with Crippen LogP contribution in [0, 0.1) is 10.7 Å². The number of hydrogen-bond donors (Lipinski definition) is 1. The van der Waals surface area contributed by atoms with Crippen molar-refractivity contribution in [1.29, 1.82) is 0 Å². The smallest absolute Gasteiger partial charge is 0.224 e. The molecule has 2 heterocycles. The lowest BCUT2D eigenvalue weighted by atomic mass is 9.95. The lowest BCUT2D eigenvalue weighted by Gasteiger charge is -2.31. The van der Waals surface area contributed by atoms with Crippen molar-refractivity contribution in [1.82, 2.24) is 19.7 Å². The standard InChI is InChI=1S/C16H28N4O2S/c1-4-20-15(17-18-16(20)23)13-5-8-19(9-6-13)14(21)7-10-22-11-12(2)3/h12-13H,4-11H2,1-3H3,(H,18,23). The van der Waals surface area contributed by atoms with E-state index < -0.39 is 0 Å². The van der Waals surface area contributed by atoms with Gasteiger partial charge in [-0.25, -0.2) is 0 Å². The highest BCUT2D eigenvalue weighted by molar-refractivity contribution is 7.71. The van der Waals surface area contributed by atoms with E-state index in [1.807, 2.05) is 4.90 Å². The number of nitrogens with zero attached hydrogens (tertiary/aromatic N) is 3. The zero-order valence-electron chi connectivity index (χ0n) is 14.4. The first kappa shape index (κ1) is 18.1. The lowest BCUT2D eigenvalue weighted by molar-refractivity contribution is -0.133. The third kappa shape index (κ3) is 4.88. The van der Waals surface area contributed by atoms with Gasteiger partial charge in [-0.1, -0.05) is 13.8 Å². The van der Waals surface area contributed by atoms with Crippen LogP contribution in [-0.4, -0.2) is 51.9 Å². The zero-order valence-corrected chi connectivity index (χ0v) is 15.2. The molecule has 1 saturated heterocycles. The Morgan fingerprint density at radius 2 is 2.13 bits per heavy atom. The minimum Gasteiger partial charge on any atom is -0.381 e. The molecule has 1 amide bonds. The Bertz CT molecular complexity index is 559. The highest BCUT2D eigenvalue weighted by Crippen LogP contribution is 2.27. The van der Waals surface area contributed by atoms with Crippen molar-refractivity contribution in [3.05, 3.63) is 10.6 Å². The van der Waals surface area contributed by atoms with Gasteiger partial charge >= 0.3 is 0 Å². The molecule has 1 aliphatic rings. The highest BCUT2D eigenvalue weighted by Gasteiger charge is 2.26. The first-order valence-electron chi connectivity index (χ1n) is 8.53. The molecule has 2 rings (SSSR count). The number of aromatic nitrogens is 3. The number of aromatic amines is 1. The van der Waals surface area contributed by atoms with Crippen LogP contribution in [0.1, 0.15) is 51.8 Å². The number of carbonyl (C=O) groups is 1. The molecule has 0 unspecified atom stereocenters. The molecule has 0 atom stereocenters. The Morgan fingerprint density at radius 1 is 1.43 bits per heavy atom. The van der Waals surface area contributed by atoms with Gasteiger partial charge in [0.2, 0.25) is 5.91 Å². The first-order valence-corrected chi connectivity index (χ1v) is 8.94. The number of ether oxygens (including phenoxy) is 1. The van der Waals surface area contributed by atoms with Crippen molar-refractivity contribution >= 4 is 18.1 Å². The molecule has 1 aromatic rings. The average molecular weight is 340 g/mol. The van der Waals surface area contributed by atoms with Gasteiger partial charge in [-0.3, -0.25) is 9.89 Å². The fraction of sp³-hybridized carbons (Fsp3) is 0.812. The summed E-state index contributed by atoms with van der Waals surface area (Å²) in [6.45, 7) is 9.94. The third-order valence-corrected chi connectivity index (χ3v) is 4.54. The van der Waals surface area contributed by atoms with Crippen LogP contribution in [0.2, 0.25) is 0 Å². The van der Waals surface area contributed by atoms with E-state index >= 15 is 0 Å². The molecule has 130 valence electrons. The molecule has 1 aromatic heterocycles. The van der Waals surface area contributed by atoms with Gasteiger partial charge in [0.05, 0.1) is 13.0 Å². The maximum absolute atomic E-state index is 12.2. The van der Waals surface area contributed by atoms with E-state index in [0.717, 1.165) is 44.9 Å². The number of carbonyl (C=O) groups excluding carboxylic acids is 1. The first-order chi connectivity index (χ1) is 11.0. The van der Waals surface area contributed by atoms with Crippen LogP contribution in [-0.2, 0) is 16.1 Å². The van der Waals surface area contributed by atoms with Crippen molar-refractivity contribution in [2.45, 2.75) is 52.5 Å². The van der Waals surface area contributed by atoms with Gasteiger partial charge in [0.25, 0.3) is 0 Å². The molecule has 1 aliphatic heterocycles. The quantitative estimate of drug-likeness (QED) is 0.612. The number of hydrogen-bond acceptors (Lipinski definition) is 4. The summed E-state index contributed by atoms with van der Waals surface area (Å²) in [6.07, 6.45) is 2.36. The molecule has 0 aliphatic carbocycles. The lowest BCUT2D eigenvalue weighted by Crippen LogP contribution is -2.38. The number of rotatable bonds is 7. The highest BCUT2D eigenvalue weighted by atomic mass is 32.1. The summed E-state index contributed by atoms with van der Waals surface area (Å²) < 4.78 is 8.24. The van der Waals surface area contributed by atoms with Crippen LogP contribution >= 0.6 is 12.2 Å². The van der Waals surface area contributed by atoms with Gasteiger partial charge in [0.1, 0.15) is 5.82 Å². The summed E-state index contributed by atoms with van der Waals surface area (Å²) in [7, 11) is 0. The van der Waals surface area contributed by atoms with Crippen LogP contribution < -0.4 is 0 Å². The van der Waals surface area contributed by atoms with Gasteiger partial charge in [-0.2, -0.15) is 5.10 Å². The van der Waals surface area contributed by atoms with E-state index in [0.29, 0.717) is 29.6 Å². The Balaban J connectivity index is 1.79. The molecule has 23 heavy (non-hydrogen) atoms. The van der Waals surface area contributed by atoms with Crippen LogP contribution in [0.3, 0.4) is 0 Å². The van der Waals surface area contributed by atoms with Crippen molar-refractivity contribution < 1.29 is 9.53 Å². The van der Waals surface area contributed by atoms with Crippen molar-refractivity contribution in [3.8, 4) is 0 Å². The van der Waals surface area contributed by atoms with Crippen LogP contribution in [0.4, 0.5) is 0 Å². The molecule has 0 aromatic carbocycles. The maximum Gasteiger partial charge on any atom is 0.224 e. The van der Waals surface area contributed by atoms with E-state index in [9.17, 15) is 4.79 Å². The number of piperidine rings is 1. The van der Waals surface area contributed by atoms with E-state index in [2.05, 4.69) is 35.5 Å². The second-order valence-corrected chi connectivity index (χ2v) is 6.89. The third-order valence-electron chi connectivity index (χ3n) is 4.23. The second-order valence-electron chi connectivity index (χ2n) is 6.51. The molecule has 0 bridgehead atoms. The van der Waals surface area contributed by atoms with E-state index in [1.54, 1.807) is 0 Å². The summed E-state index contributed by atoms with van der Waals surface area (Å²) in [5.41, 5.74) is 0. The molecule has 1 N–H and O–H groups in total. The van der Waals surface area contributed by atoms with Crippen molar-refractivity contribution in [2.75, 3.05) is 26.3 Å². The van der Waals surface area contributed by atoms with E-state index in [-0.39, 0.29) is 5.91 Å². The molecule has 0 saturated carbocycles. The van der Waals surface area contributed by atoms with Crippen LogP contribution in [0.5, 0.6) is 0 Å². The van der Waals surface area contributed by atoms with Gasteiger partial charge in [-0.05, 0) is 37.9 Å². The van der Waals surface area contributed by atoms with Crippen molar-refractivity contribution in [2.24, 2.45) is 5.92 Å². The minimum atomic E-state index is 0.196. The molecule has 6 nitrogen and oxygen atoms in total. The Morgan fingerprint density at radius 3 is 2.74 bits per heavy atom. The van der Waals surface area contributed by atoms with Gasteiger partial charge in [-0.15, -0.1) is 0 Å². The number of likely N-dealkylation sites (tertiary alicyclic amines) is 1.